The Morgan fingerprint density at radius 3 is 2.53 bits per heavy atom. The average molecular weight is 319 g/mol. The van der Waals surface area contributed by atoms with Crippen molar-refractivity contribution in [3.63, 3.8) is 0 Å². The lowest BCUT2D eigenvalue weighted by Crippen LogP contribution is -2.01. The maximum Gasteiger partial charge on any atom is 0.281 e. The van der Waals surface area contributed by atoms with Crippen molar-refractivity contribution in [1.29, 1.82) is 0 Å². The molecule has 0 aliphatic carbocycles. The highest BCUT2D eigenvalue weighted by atomic mass is 127. The largest absolute Gasteiger partial charge is 0.298 e. The van der Waals surface area contributed by atoms with Crippen LogP contribution < -0.4 is 0 Å². The molecule has 0 unspecified atom stereocenters. The summed E-state index contributed by atoms with van der Waals surface area (Å²) >= 11 is 1.79. The van der Waals surface area contributed by atoms with Crippen molar-refractivity contribution in [2.24, 2.45) is 0 Å². The summed E-state index contributed by atoms with van der Waals surface area (Å²) in [6.45, 7) is 1.32. The number of nitro benzene ring substituents is 1. The van der Waals surface area contributed by atoms with Gasteiger partial charge in [-0.2, -0.15) is 0 Å². The quantitative estimate of drug-likeness (QED) is 0.281. The summed E-state index contributed by atoms with van der Waals surface area (Å²) in [5.74, 6) is -0.270. The molecule has 0 bridgehead atoms. The number of carbonyl (C=O) groups is 2. The number of nitrogens with zero attached hydrogens (tertiary/aromatic N) is 1. The van der Waals surface area contributed by atoms with Gasteiger partial charge in [0, 0.05) is 15.2 Å². The third-order valence-corrected chi connectivity index (χ3v) is 2.72. The van der Waals surface area contributed by atoms with Gasteiger partial charge in [-0.3, -0.25) is 19.7 Å². The van der Waals surface area contributed by atoms with E-state index in [0.717, 1.165) is 6.07 Å². The molecule has 0 fully saturated rings. The molecule has 0 heterocycles. The van der Waals surface area contributed by atoms with Gasteiger partial charge in [0.2, 0.25) is 0 Å². The number of nitro groups is 1. The van der Waals surface area contributed by atoms with Gasteiger partial charge in [-0.25, -0.2) is 0 Å². The van der Waals surface area contributed by atoms with Gasteiger partial charge in [0.15, 0.2) is 12.1 Å². The monoisotopic (exact) mass is 319 g/mol. The van der Waals surface area contributed by atoms with E-state index in [4.69, 9.17) is 0 Å². The van der Waals surface area contributed by atoms with Gasteiger partial charge in [-0.15, -0.1) is 0 Å². The lowest BCUT2D eigenvalue weighted by molar-refractivity contribution is -0.385. The van der Waals surface area contributed by atoms with Crippen molar-refractivity contribution < 1.29 is 14.5 Å². The highest BCUT2D eigenvalue weighted by Gasteiger charge is 2.19. The molecule has 78 valence electrons. The molecule has 0 amide bonds. The van der Waals surface area contributed by atoms with E-state index in [2.05, 4.69) is 0 Å². The zero-order valence-electron chi connectivity index (χ0n) is 7.69. The van der Waals surface area contributed by atoms with Gasteiger partial charge in [0.1, 0.15) is 5.56 Å². The van der Waals surface area contributed by atoms with E-state index in [1.807, 2.05) is 0 Å². The van der Waals surface area contributed by atoms with Crippen LogP contribution in [0.15, 0.2) is 12.1 Å². The molecule has 0 aliphatic heterocycles. The molecule has 0 saturated heterocycles. The zero-order valence-corrected chi connectivity index (χ0v) is 9.85. The van der Waals surface area contributed by atoms with E-state index in [1.165, 1.54) is 13.0 Å². The van der Waals surface area contributed by atoms with E-state index >= 15 is 0 Å². The summed E-state index contributed by atoms with van der Waals surface area (Å²) in [6.07, 6.45) is 0.420. The Morgan fingerprint density at radius 1 is 1.53 bits per heavy atom. The Hall–Kier alpha value is -1.31. The third kappa shape index (κ3) is 2.38. The fraction of sp³-hybridized carbons (Fsp3) is 0.111. The number of hydrogen-bond acceptors (Lipinski definition) is 4. The topological polar surface area (TPSA) is 77.3 Å². The van der Waals surface area contributed by atoms with Crippen LogP contribution in [0.5, 0.6) is 0 Å². The minimum absolute atomic E-state index is 0.00519. The highest BCUT2D eigenvalue weighted by molar-refractivity contribution is 14.1. The molecule has 5 nitrogen and oxygen atoms in total. The van der Waals surface area contributed by atoms with Crippen molar-refractivity contribution in [1.82, 2.24) is 0 Å². The fourth-order valence-electron chi connectivity index (χ4n) is 1.07. The van der Waals surface area contributed by atoms with Crippen molar-refractivity contribution in [2.45, 2.75) is 6.92 Å². The van der Waals surface area contributed by atoms with E-state index in [1.54, 1.807) is 22.6 Å². The SMILES string of the molecule is CC(=O)c1cc(I)c(C=O)c([N+](=O)[O-])c1. The van der Waals surface area contributed by atoms with Crippen molar-refractivity contribution in [3.8, 4) is 0 Å². The number of ketones is 1. The van der Waals surface area contributed by atoms with Crippen LogP contribution in [0.3, 0.4) is 0 Å². The minimum atomic E-state index is -0.668. The third-order valence-electron chi connectivity index (χ3n) is 1.83. The van der Waals surface area contributed by atoms with Crippen LogP contribution in [-0.4, -0.2) is 17.0 Å². The van der Waals surface area contributed by atoms with Crippen LogP contribution in [0, 0.1) is 13.7 Å². The zero-order chi connectivity index (χ0) is 11.6. The Kier molecular flexibility index (Phi) is 3.51. The number of benzene rings is 1. The molecule has 0 radical (unpaired) electrons. The predicted molar refractivity (Wildman–Crippen MR) is 61.2 cm³/mol. The number of halogens is 1. The van der Waals surface area contributed by atoms with E-state index < -0.39 is 4.92 Å². The summed E-state index contributed by atoms with van der Waals surface area (Å²) in [5, 5.41) is 10.6. The van der Waals surface area contributed by atoms with Gasteiger partial charge in [0.05, 0.1) is 4.92 Å². The Bertz CT molecular complexity index is 456. The first-order valence-electron chi connectivity index (χ1n) is 3.91. The molecule has 1 rings (SSSR count). The smallest absolute Gasteiger partial charge is 0.281 e. The fourth-order valence-corrected chi connectivity index (χ4v) is 1.81. The number of rotatable bonds is 3. The molecule has 15 heavy (non-hydrogen) atoms. The lowest BCUT2D eigenvalue weighted by atomic mass is 10.1. The van der Waals surface area contributed by atoms with Crippen molar-refractivity contribution in [2.75, 3.05) is 0 Å². The van der Waals surface area contributed by atoms with Gasteiger partial charge in [0.25, 0.3) is 5.69 Å². The molecule has 0 aromatic heterocycles. The highest BCUT2D eigenvalue weighted by Crippen LogP contribution is 2.24. The molecule has 6 heteroatoms. The number of aldehydes is 1. The van der Waals surface area contributed by atoms with E-state index in [-0.39, 0.29) is 22.6 Å². The van der Waals surface area contributed by atoms with Gasteiger partial charge < -0.3 is 0 Å². The standard InChI is InChI=1S/C9H6INO4/c1-5(13)6-2-8(10)7(4-12)9(3-6)11(14)15/h2-4H,1H3. The Morgan fingerprint density at radius 2 is 2.13 bits per heavy atom. The lowest BCUT2D eigenvalue weighted by Gasteiger charge is -2.01. The second kappa shape index (κ2) is 4.47. The van der Waals surface area contributed by atoms with Gasteiger partial charge in [-0.05, 0) is 35.6 Å². The number of carbonyl (C=O) groups excluding carboxylic acids is 2. The molecule has 1 aromatic rings. The summed E-state index contributed by atoms with van der Waals surface area (Å²) in [7, 11) is 0. The van der Waals surface area contributed by atoms with Crippen LogP contribution in [0.25, 0.3) is 0 Å². The van der Waals surface area contributed by atoms with Crippen LogP contribution in [0.4, 0.5) is 5.69 Å². The molecular formula is C9H6INO4. The van der Waals surface area contributed by atoms with E-state index in [0.29, 0.717) is 9.86 Å². The minimum Gasteiger partial charge on any atom is -0.298 e. The predicted octanol–water partition coefficient (Wildman–Crippen LogP) is 2.21. The van der Waals surface area contributed by atoms with Gasteiger partial charge in [-0.1, -0.05) is 0 Å². The Balaban J connectivity index is 3.52. The summed E-state index contributed by atoms with van der Waals surface area (Å²) < 4.78 is 0.405. The normalized spacial score (nSPS) is 9.73. The van der Waals surface area contributed by atoms with Crippen LogP contribution in [0.2, 0.25) is 0 Å². The molecule has 0 aliphatic rings. The maximum absolute atomic E-state index is 11.1. The molecule has 1 aromatic carbocycles. The van der Waals surface area contributed by atoms with Crippen molar-refractivity contribution in [3.05, 3.63) is 36.9 Å². The molecule has 0 atom stereocenters. The summed E-state index contributed by atoms with van der Waals surface area (Å²) in [6, 6.07) is 2.58. The summed E-state index contributed by atoms with van der Waals surface area (Å²) in [4.78, 5) is 31.7. The van der Waals surface area contributed by atoms with Crippen LogP contribution in [0.1, 0.15) is 27.6 Å². The first-order chi connectivity index (χ1) is 6.97. The van der Waals surface area contributed by atoms with Crippen LogP contribution in [-0.2, 0) is 0 Å². The molecule has 0 saturated carbocycles. The number of Topliss-reactive ketones (excluding diaryl/α,β-unsaturated/α-hetero) is 1. The van der Waals surface area contributed by atoms with E-state index in [9.17, 15) is 19.7 Å². The number of hydrogen-bond donors (Lipinski definition) is 0. The molecular weight excluding hydrogens is 313 g/mol. The molecule has 0 N–H and O–H groups in total. The van der Waals surface area contributed by atoms with Gasteiger partial charge >= 0.3 is 0 Å². The van der Waals surface area contributed by atoms with Crippen molar-refractivity contribution >= 4 is 40.3 Å². The Labute approximate surface area is 98.8 Å². The maximum atomic E-state index is 11.1. The molecule has 0 spiro atoms. The first-order valence-corrected chi connectivity index (χ1v) is 4.99. The second-order valence-corrected chi connectivity index (χ2v) is 3.98. The van der Waals surface area contributed by atoms with Crippen LogP contribution >= 0.6 is 22.6 Å². The summed E-state index contributed by atoms with van der Waals surface area (Å²) in [5.41, 5.74) is -0.0931. The second-order valence-electron chi connectivity index (χ2n) is 2.82. The average Bonchev–Trinajstić information content (AvgIpc) is 2.16. The first kappa shape index (κ1) is 11.8.